The predicted molar refractivity (Wildman–Crippen MR) is 79.4 cm³/mol. The molecule has 0 aromatic heterocycles. The van der Waals surface area contributed by atoms with Gasteiger partial charge in [0.05, 0.1) is 14.2 Å². The van der Waals surface area contributed by atoms with Gasteiger partial charge in [0.1, 0.15) is 0 Å². The molecule has 0 aromatic carbocycles. The summed E-state index contributed by atoms with van der Waals surface area (Å²) in [6.07, 6.45) is 10.3. The third-order valence-electron chi connectivity index (χ3n) is 5.21. The van der Waals surface area contributed by atoms with Crippen LogP contribution in [-0.4, -0.2) is 26.2 Å². The molecule has 4 heteroatoms. The monoisotopic (exact) mass is 292 g/mol. The van der Waals surface area contributed by atoms with E-state index in [4.69, 9.17) is 9.47 Å². The molecule has 0 aromatic rings. The second kappa shape index (κ2) is 5.66. The molecule has 0 radical (unpaired) electrons. The summed E-state index contributed by atoms with van der Waals surface area (Å²) in [6.45, 7) is 3.88. The molecule has 2 aliphatic rings. The van der Waals surface area contributed by atoms with Crippen LogP contribution < -0.4 is 0 Å². The number of methoxy groups -OCH3 is 2. The maximum atomic E-state index is 12.2. The Morgan fingerprint density at radius 2 is 1.86 bits per heavy atom. The Hall–Kier alpha value is -1.58. The van der Waals surface area contributed by atoms with Crippen molar-refractivity contribution in [2.75, 3.05) is 14.2 Å². The zero-order chi connectivity index (χ0) is 15.7. The maximum absolute atomic E-state index is 12.2. The number of ether oxygens (including phenoxy) is 2. The average Bonchev–Trinajstić information content (AvgIpc) is 2.51. The molecule has 2 aliphatic carbocycles. The summed E-state index contributed by atoms with van der Waals surface area (Å²) in [5.41, 5.74) is 0.116. The predicted octanol–water partition coefficient (Wildman–Crippen LogP) is 3.03. The van der Waals surface area contributed by atoms with Crippen molar-refractivity contribution in [3.8, 4) is 0 Å². The largest absolute Gasteiger partial charge is 0.468 e. The minimum atomic E-state index is -1.27. The molecule has 2 rings (SSSR count). The highest BCUT2D eigenvalue weighted by Gasteiger charge is 2.51. The summed E-state index contributed by atoms with van der Waals surface area (Å²) >= 11 is 0. The summed E-state index contributed by atoms with van der Waals surface area (Å²) in [4.78, 5) is 24.4. The summed E-state index contributed by atoms with van der Waals surface area (Å²) in [5, 5.41) is 0. The van der Waals surface area contributed by atoms with E-state index in [1.165, 1.54) is 19.8 Å². The number of hydrogen-bond donors (Lipinski definition) is 0. The van der Waals surface area contributed by atoms with Gasteiger partial charge >= 0.3 is 11.9 Å². The molecular weight excluding hydrogens is 268 g/mol. The van der Waals surface area contributed by atoms with Crippen LogP contribution in [0.15, 0.2) is 23.8 Å². The highest BCUT2D eigenvalue weighted by Crippen LogP contribution is 2.49. The van der Waals surface area contributed by atoms with Crippen LogP contribution in [0.1, 0.15) is 39.5 Å². The second-order valence-corrected chi connectivity index (χ2v) is 6.45. The van der Waals surface area contributed by atoms with Crippen molar-refractivity contribution in [2.24, 2.45) is 16.7 Å². The van der Waals surface area contributed by atoms with E-state index in [9.17, 15) is 9.59 Å². The molecule has 0 N–H and O–H groups in total. The molecule has 0 amide bonds. The summed E-state index contributed by atoms with van der Waals surface area (Å²) < 4.78 is 9.73. The van der Waals surface area contributed by atoms with Gasteiger partial charge in [-0.15, -0.1) is 0 Å². The van der Waals surface area contributed by atoms with Gasteiger partial charge in [-0.1, -0.05) is 25.2 Å². The Kier molecular flexibility index (Phi) is 4.26. The number of carbonyl (C=O) groups is 2. The smallest absolute Gasteiger partial charge is 0.323 e. The fraction of sp³-hybridized carbons (Fsp3) is 0.647. The normalized spacial score (nSPS) is 28.4. The molecule has 116 valence electrons. The van der Waals surface area contributed by atoms with E-state index in [0.29, 0.717) is 0 Å². The van der Waals surface area contributed by atoms with Gasteiger partial charge in [-0.05, 0) is 43.6 Å². The lowest BCUT2D eigenvalue weighted by Gasteiger charge is -2.42. The molecule has 0 fully saturated rings. The molecule has 4 nitrogen and oxygen atoms in total. The van der Waals surface area contributed by atoms with Gasteiger partial charge in [-0.2, -0.15) is 0 Å². The van der Waals surface area contributed by atoms with Crippen molar-refractivity contribution >= 4 is 11.9 Å². The van der Waals surface area contributed by atoms with Gasteiger partial charge in [-0.3, -0.25) is 9.59 Å². The fourth-order valence-electron chi connectivity index (χ4n) is 3.52. The molecule has 0 aliphatic heterocycles. The van der Waals surface area contributed by atoms with E-state index in [1.54, 1.807) is 6.92 Å². The molecule has 0 spiro atoms. The molecular formula is C17H24O4. The standard InChI is InChI=1S/C17H24O4/c1-16-9-6-5-7-12(16)11-13(8-10-16)17(2,14(18)20-3)15(19)21-4/h5,7,11,13H,6,8-10H2,1-4H3/t13-,16+/m0/s1. The molecule has 21 heavy (non-hydrogen) atoms. The van der Waals surface area contributed by atoms with Gasteiger partial charge in [-0.25, -0.2) is 0 Å². The Morgan fingerprint density at radius 1 is 1.24 bits per heavy atom. The minimum absolute atomic E-state index is 0.165. The maximum Gasteiger partial charge on any atom is 0.323 e. The SMILES string of the molecule is COC(=O)C(C)(C(=O)OC)[C@@H]1C=C2C=CCC[C@]2(C)CC1. The van der Waals surface area contributed by atoms with E-state index < -0.39 is 17.4 Å². The Morgan fingerprint density at radius 3 is 2.43 bits per heavy atom. The van der Waals surface area contributed by atoms with Crippen LogP contribution in [0, 0.1) is 16.7 Å². The fourth-order valence-corrected chi connectivity index (χ4v) is 3.52. The topological polar surface area (TPSA) is 52.6 Å². The van der Waals surface area contributed by atoms with Crippen LogP contribution in [0.3, 0.4) is 0 Å². The second-order valence-electron chi connectivity index (χ2n) is 6.45. The van der Waals surface area contributed by atoms with Crippen molar-refractivity contribution in [2.45, 2.75) is 39.5 Å². The first-order chi connectivity index (χ1) is 9.88. The zero-order valence-electron chi connectivity index (χ0n) is 13.3. The van der Waals surface area contributed by atoms with Crippen molar-refractivity contribution in [1.29, 1.82) is 0 Å². The Labute approximate surface area is 126 Å². The zero-order valence-corrected chi connectivity index (χ0v) is 13.3. The van der Waals surface area contributed by atoms with Gasteiger partial charge in [0.15, 0.2) is 5.41 Å². The van der Waals surface area contributed by atoms with E-state index in [2.05, 4.69) is 25.2 Å². The molecule has 0 heterocycles. The van der Waals surface area contributed by atoms with Crippen molar-refractivity contribution in [1.82, 2.24) is 0 Å². The lowest BCUT2D eigenvalue weighted by Crippen LogP contribution is -2.46. The Bertz CT molecular complexity index is 487. The molecule has 0 saturated carbocycles. The molecule has 0 saturated heterocycles. The van der Waals surface area contributed by atoms with Crippen LogP contribution >= 0.6 is 0 Å². The number of rotatable bonds is 3. The number of allylic oxidation sites excluding steroid dienone is 4. The lowest BCUT2D eigenvalue weighted by atomic mass is 9.62. The van der Waals surface area contributed by atoms with Crippen LogP contribution in [-0.2, 0) is 19.1 Å². The Balaban J connectivity index is 2.41. The van der Waals surface area contributed by atoms with Crippen LogP contribution in [0.2, 0.25) is 0 Å². The summed E-state index contributed by atoms with van der Waals surface area (Å²) in [5.74, 6) is -1.25. The first-order valence-corrected chi connectivity index (χ1v) is 7.44. The van der Waals surface area contributed by atoms with Crippen LogP contribution in [0.25, 0.3) is 0 Å². The highest BCUT2D eigenvalue weighted by atomic mass is 16.5. The van der Waals surface area contributed by atoms with E-state index >= 15 is 0 Å². The summed E-state index contributed by atoms with van der Waals surface area (Å²) in [6, 6.07) is 0. The number of esters is 2. The van der Waals surface area contributed by atoms with Crippen molar-refractivity contribution in [3.63, 3.8) is 0 Å². The highest BCUT2D eigenvalue weighted by molar-refractivity contribution is 6.00. The van der Waals surface area contributed by atoms with Crippen LogP contribution in [0.4, 0.5) is 0 Å². The van der Waals surface area contributed by atoms with Crippen molar-refractivity contribution in [3.05, 3.63) is 23.8 Å². The molecule has 2 atom stereocenters. The van der Waals surface area contributed by atoms with Gasteiger partial charge < -0.3 is 9.47 Å². The van der Waals surface area contributed by atoms with E-state index in [1.807, 2.05) is 0 Å². The van der Waals surface area contributed by atoms with E-state index in [-0.39, 0.29) is 11.3 Å². The summed E-state index contributed by atoms with van der Waals surface area (Å²) in [7, 11) is 2.62. The number of hydrogen-bond acceptors (Lipinski definition) is 4. The third-order valence-corrected chi connectivity index (χ3v) is 5.21. The quantitative estimate of drug-likeness (QED) is 0.592. The first-order valence-electron chi connectivity index (χ1n) is 7.44. The van der Waals surface area contributed by atoms with Gasteiger partial charge in [0.2, 0.25) is 0 Å². The minimum Gasteiger partial charge on any atom is -0.468 e. The first kappa shape index (κ1) is 15.8. The van der Waals surface area contributed by atoms with Gasteiger partial charge in [0, 0.05) is 5.92 Å². The van der Waals surface area contributed by atoms with E-state index in [0.717, 1.165) is 25.7 Å². The van der Waals surface area contributed by atoms with Crippen molar-refractivity contribution < 1.29 is 19.1 Å². The average molecular weight is 292 g/mol. The molecule has 0 unspecified atom stereocenters. The molecule has 0 bridgehead atoms. The van der Waals surface area contributed by atoms with Gasteiger partial charge in [0.25, 0.3) is 0 Å². The number of fused-ring (bicyclic) bond motifs is 1. The lowest BCUT2D eigenvalue weighted by molar-refractivity contribution is -0.171. The third kappa shape index (κ3) is 2.52. The number of carbonyl (C=O) groups excluding carboxylic acids is 2. The van der Waals surface area contributed by atoms with Crippen LogP contribution in [0.5, 0.6) is 0 Å².